The average Bonchev–Trinajstić information content (AvgIpc) is 2.36. The summed E-state index contributed by atoms with van der Waals surface area (Å²) in [5, 5.41) is 1.18. The molecule has 2 heterocycles. The van der Waals surface area contributed by atoms with Crippen molar-refractivity contribution in [1.82, 2.24) is 15.0 Å². The topological polar surface area (TPSA) is 64.7 Å². The van der Waals surface area contributed by atoms with Gasteiger partial charge in [0.2, 0.25) is 5.95 Å². The summed E-state index contributed by atoms with van der Waals surface area (Å²) in [6.45, 7) is 0. The van der Waals surface area contributed by atoms with Crippen LogP contribution in [0.4, 0.5) is 19.1 Å². The van der Waals surface area contributed by atoms with E-state index in [-0.39, 0.29) is 11.5 Å². The normalized spacial score (nSPS) is 12.2. The number of hydrogen-bond acceptors (Lipinski definition) is 4. The minimum Gasteiger partial charge on any atom is -0.368 e. The van der Waals surface area contributed by atoms with Gasteiger partial charge in [-0.1, -0.05) is 6.07 Å². The van der Waals surface area contributed by atoms with E-state index in [4.69, 9.17) is 5.73 Å². The van der Waals surface area contributed by atoms with Crippen LogP contribution in [0.2, 0.25) is 0 Å². The fourth-order valence-electron chi connectivity index (χ4n) is 1.89. The van der Waals surface area contributed by atoms with Crippen molar-refractivity contribution in [3.8, 4) is 0 Å². The first kappa shape index (κ1) is 11.6. The van der Waals surface area contributed by atoms with Crippen LogP contribution in [0.1, 0.15) is 5.56 Å². The first-order valence-electron chi connectivity index (χ1n) is 5.33. The minimum atomic E-state index is -4.39. The molecule has 96 valence electrons. The van der Waals surface area contributed by atoms with Crippen LogP contribution in [0, 0.1) is 0 Å². The van der Waals surface area contributed by atoms with Gasteiger partial charge < -0.3 is 5.73 Å². The largest absolute Gasteiger partial charge is 0.416 e. The molecule has 0 saturated heterocycles. The van der Waals surface area contributed by atoms with E-state index in [0.29, 0.717) is 16.3 Å². The summed E-state index contributed by atoms with van der Waals surface area (Å²) in [4.78, 5) is 11.8. The Kier molecular flexibility index (Phi) is 2.31. The van der Waals surface area contributed by atoms with Crippen LogP contribution in [0.25, 0.3) is 21.8 Å². The molecule has 0 unspecified atom stereocenters. The smallest absolute Gasteiger partial charge is 0.368 e. The van der Waals surface area contributed by atoms with Crippen molar-refractivity contribution in [1.29, 1.82) is 0 Å². The second-order valence-corrected chi connectivity index (χ2v) is 4.02. The highest BCUT2D eigenvalue weighted by molar-refractivity contribution is 6.03. The Morgan fingerprint density at radius 3 is 2.47 bits per heavy atom. The second kappa shape index (κ2) is 3.78. The van der Waals surface area contributed by atoms with Crippen LogP contribution >= 0.6 is 0 Å². The van der Waals surface area contributed by atoms with Crippen molar-refractivity contribution in [2.45, 2.75) is 6.18 Å². The monoisotopic (exact) mass is 264 g/mol. The predicted molar refractivity (Wildman–Crippen MR) is 64.3 cm³/mol. The van der Waals surface area contributed by atoms with Crippen molar-refractivity contribution >= 4 is 27.8 Å². The fraction of sp³-hybridized carbons (Fsp3) is 0.0833. The van der Waals surface area contributed by atoms with Crippen molar-refractivity contribution in [2.24, 2.45) is 0 Å². The molecular formula is C12H7F3N4. The SMILES string of the molecule is Nc1ncc2c(cnc3cc(C(F)(F)F)ccc32)n1. The third-order valence-corrected chi connectivity index (χ3v) is 2.78. The van der Waals surface area contributed by atoms with Gasteiger partial charge in [0.25, 0.3) is 0 Å². The standard InChI is InChI=1S/C12H7F3N4/c13-12(14,15)6-1-2-7-8-4-18-11(16)19-10(8)5-17-9(7)3-6/h1-5H,(H2,16,18,19). The Hall–Kier alpha value is -2.44. The van der Waals surface area contributed by atoms with Gasteiger partial charge in [0.15, 0.2) is 0 Å². The lowest BCUT2D eigenvalue weighted by Gasteiger charge is -2.08. The molecule has 19 heavy (non-hydrogen) atoms. The Bertz CT molecular complexity index is 783. The van der Waals surface area contributed by atoms with Crippen LogP contribution in [0.5, 0.6) is 0 Å². The van der Waals surface area contributed by atoms with Gasteiger partial charge in [0.1, 0.15) is 0 Å². The lowest BCUT2D eigenvalue weighted by molar-refractivity contribution is -0.137. The van der Waals surface area contributed by atoms with Crippen LogP contribution in [0.15, 0.2) is 30.6 Å². The van der Waals surface area contributed by atoms with E-state index in [1.54, 1.807) is 0 Å². The first-order valence-corrected chi connectivity index (χ1v) is 5.33. The van der Waals surface area contributed by atoms with E-state index < -0.39 is 11.7 Å². The maximum absolute atomic E-state index is 12.6. The van der Waals surface area contributed by atoms with Crippen molar-refractivity contribution < 1.29 is 13.2 Å². The molecule has 0 fully saturated rings. The number of halogens is 3. The molecule has 4 nitrogen and oxygen atoms in total. The first-order chi connectivity index (χ1) is 8.95. The summed E-state index contributed by atoms with van der Waals surface area (Å²) in [6.07, 6.45) is -1.52. The molecule has 3 aromatic rings. The molecule has 0 amide bonds. The van der Waals surface area contributed by atoms with E-state index in [2.05, 4.69) is 15.0 Å². The molecule has 1 aromatic carbocycles. The predicted octanol–water partition coefficient (Wildman–Crippen LogP) is 2.78. The number of alkyl halides is 3. The molecule has 7 heteroatoms. The number of aromatic nitrogens is 3. The molecule has 0 aliphatic carbocycles. The number of fused-ring (bicyclic) bond motifs is 3. The van der Waals surface area contributed by atoms with Crippen LogP contribution in [-0.4, -0.2) is 15.0 Å². The highest BCUT2D eigenvalue weighted by Gasteiger charge is 2.30. The molecule has 0 aliphatic rings. The van der Waals surface area contributed by atoms with E-state index >= 15 is 0 Å². The van der Waals surface area contributed by atoms with Gasteiger partial charge in [-0.05, 0) is 12.1 Å². The lowest BCUT2D eigenvalue weighted by atomic mass is 10.1. The molecule has 3 rings (SSSR count). The van der Waals surface area contributed by atoms with E-state index in [1.165, 1.54) is 18.5 Å². The van der Waals surface area contributed by atoms with E-state index in [0.717, 1.165) is 12.1 Å². The number of benzene rings is 1. The Morgan fingerprint density at radius 2 is 1.74 bits per heavy atom. The number of nitrogens with zero attached hydrogens (tertiary/aromatic N) is 3. The molecule has 0 aliphatic heterocycles. The molecule has 0 saturated carbocycles. The minimum absolute atomic E-state index is 0.0977. The third kappa shape index (κ3) is 1.92. The van der Waals surface area contributed by atoms with E-state index in [9.17, 15) is 13.2 Å². The Balaban J connectivity index is 2.33. The zero-order chi connectivity index (χ0) is 13.6. The number of anilines is 1. The summed E-state index contributed by atoms with van der Waals surface area (Å²) in [6, 6.07) is 3.39. The number of rotatable bonds is 0. The summed E-state index contributed by atoms with van der Waals surface area (Å²) in [7, 11) is 0. The highest BCUT2D eigenvalue weighted by Crippen LogP contribution is 2.32. The molecule has 0 spiro atoms. The maximum Gasteiger partial charge on any atom is 0.416 e. The van der Waals surface area contributed by atoms with Crippen molar-refractivity contribution in [3.63, 3.8) is 0 Å². The zero-order valence-electron chi connectivity index (χ0n) is 9.44. The Morgan fingerprint density at radius 1 is 0.947 bits per heavy atom. The van der Waals surface area contributed by atoms with Gasteiger partial charge in [-0.15, -0.1) is 0 Å². The summed E-state index contributed by atoms with van der Waals surface area (Å²) in [5.74, 6) is 0.0977. The molecule has 2 N–H and O–H groups in total. The van der Waals surface area contributed by atoms with Crippen LogP contribution in [-0.2, 0) is 6.18 Å². The molecule has 0 bridgehead atoms. The number of pyridine rings is 1. The quantitative estimate of drug-likeness (QED) is 0.634. The summed E-state index contributed by atoms with van der Waals surface area (Å²) < 4.78 is 37.8. The van der Waals surface area contributed by atoms with Crippen molar-refractivity contribution in [3.05, 3.63) is 36.2 Å². The summed E-state index contributed by atoms with van der Waals surface area (Å²) >= 11 is 0. The van der Waals surface area contributed by atoms with Gasteiger partial charge in [0.05, 0.1) is 22.8 Å². The van der Waals surface area contributed by atoms with Gasteiger partial charge >= 0.3 is 6.18 Å². The maximum atomic E-state index is 12.6. The van der Waals surface area contributed by atoms with Gasteiger partial charge in [0, 0.05) is 17.0 Å². The second-order valence-electron chi connectivity index (χ2n) is 4.02. The molecular weight excluding hydrogens is 257 g/mol. The Labute approximate surface area is 105 Å². The van der Waals surface area contributed by atoms with Gasteiger partial charge in [-0.2, -0.15) is 13.2 Å². The summed E-state index contributed by atoms with van der Waals surface area (Å²) in [5.41, 5.74) is 5.46. The number of nitrogen functional groups attached to an aromatic ring is 1. The van der Waals surface area contributed by atoms with Crippen LogP contribution < -0.4 is 5.73 Å². The zero-order valence-corrected chi connectivity index (χ0v) is 9.44. The molecule has 2 aromatic heterocycles. The third-order valence-electron chi connectivity index (χ3n) is 2.78. The molecule has 0 atom stereocenters. The number of hydrogen-bond donors (Lipinski definition) is 1. The molecule has 0 radical (unpaired) electrons. The van der Waals surface area contributed by atoms with E-state index in [1.807, 2.05) is 0 Å². The lowest BCUT2D eigenvalue weighted by Crippen LogP contribution is -2.04. The average molecular weight is 264 g/mol. The van der Waals surface area contributed by atoms with Crippen molar-refractivity contribution in [2.75, 3.05) is 5.73 Å². The van der Waals surface area contributed by atoms with Gasteiger partial charge in [-0.25, -0.2) is 9.97 Å². The highest BCUT2D eigenvalue weighted by atomic mass is 19.4. The van der Waals surface area contributed by atoms with Gasteiger partial charge in [-0.3, -0.25) is 4.98 Å². The van der Waals surface area contributed by atoms with Crippen LogP contribution in [0.3, 0.4) is 0 Å². The fourth-order valence-corrected chi connectivity index (χ4v) is 1.89. The number of nitrogens with two attached hydrogens (primary N) is 1.